The number of aromatic nitrogens is 2. The summed E-state index contributed by atoms with van der Waals surface area (Å²) in [5.74, 6) is -0.197. The molecular formula is C21H30FN3O2S. The Hall–Kier alpha value is -1.86. The Morgan fingerprint density at radius 3 is 2.18 bits per heavy atom. The summed E-state index contributed by atoms with van der Waals surface area (Å²) in [6, 6.07) is 4.81. The zero-order valence-electron chi connectivity index (χ0n) is 17.6. The summed E-state index contributed by atoms with van der Waals surface area (Å²) >= 11 is 1.11. The van der Waals surface area contributed by atoms with Crippen LogP contribution in [0.4, 0.5) is 4.39 Å². The number of amides is 1. The molecule has 0 atom stereocenters. The molecule has 1 aromatic carbocycles. The molecule has 1 amide bonds. The Kier molecular flexibility index (Phi) is 6.93. The van der Waals surface area contributed by atoms with Gasteiger partial charge in [-0.05, 0) is 60.6 Å². The van der Waals surface area contributed by atoms with Crippen LogP contribution in [0.1, 0.15) is 75.8 Å². The van der Waals surface area contributed by atoms with E-state index < -0.39 is 5.60 Å². The molecule has 154 valence electrons. The Balaban J connectivity index is 2.18. The highest BCUT2D eigenvalue weighted by Crippen LogP contribution is 2.30. The molecular weight excluding hydrogens is 377 g/mol. The van der Waals surface area contributed by atoms with Crippen LogP contribution in [0.5, 0.6) is 0 Å². The molecule has 0 saturated heterocycles. The molecule has 0 unspecified atom stereocenters. The number of carbonyl (C=O) groups is 1. The van der Waals surface area contributed by atoms with Crippen molar-refractivity contribution in [2.45, 2.75) is 70.4 Å². The topological polar surface area (TPSA) is 67.2 Å². The van der Waals surface area contributed by atoms with Gasteiger partial charge < -0.3 is 5.11 Å². The van der Waals surface area contributed by atoms with Crippen LogP contribution in [0.25, 0.3) is 0 Å². The highest BCUT2D eigenvalue weighted by Gasteiger charge is 2.22. The number of aryl methyl sites for hydroxylation is 1. The van der Waals surface area contributed by atoms with E-state index in [1.54, 1.807) is 31.6 Å². The summed E-state index contributed by atoms with van der Waals surface area (Å²) < 4.78 is 18.4. The van der Waals surface area contributed by atoms with Crippen molar-refractivity contribution in [3.8, 4) is 0 Å². The number of rotatable bonds is 7. The van der Waals surface area contributed by atoms with E-state index in [0.717, 1.165) is 28.6 Å². The largest absolute Gasteiger partial charge is 0.384 e. The first kappa shape index (κ1) is 22.4. The van der Waals surface area contributed by atoms with Crippen molar-refractivity contribution in [3.05, 3.63) is 46.4 Å². The minimum Gasteiger partial charge on any atom is -0.384 e. The van der Waals surface area contributed by atoms with E-state index in [2.05, 4.69) is 9.82 Å². The van der Waals surface area contributed by atoms with Gasteiger partial charge in [-0.1, -0.05) is 27.7 Å². The number of aliphatic hydroxyl groups is 1. The van der Waals surface area contributed by atoms with Gasteiger partial charge in [0.2, 0.25) is 5.91 Å². The number of carbonyl (C=O) groups excluding carboxylic acids is 1. The summed E-state index contributed by atoms with van der Waals surface area (Å²) in [6.07, 6.45) is 0.180. The van der Waals surface area contributed by atoms with Crippen molar-refractivity contribution in [3.63, 3.8) is 0 Å². The van der Waals surface area contributed by atoms with Crippen molar-refractivity contribution in [2.24, 2.45) is 7.05 Å². The van der Waals surface area contributed by atoms with Crippen LogP contribution in [-0.4, -0.2) is 20.8 Å². The number of nitrogens with zero attached hydrogens (tertiary/aromatic N) is 2. The van der Waals surface area contributed by atoms with Crippen LogP contribution < -0.4 is 4.72 Å². The minimum absolute atomic E-state index is 0.119. The highest BCUT2D eigenvalue weighted by atomic mass is 32.2. The number of hydrogen-bond donors (Lipinski definition) is 2. The summed E-state index contributed by atoms with van der Waals surface area (Å²) in [5.41, 5.74) is 2.27. The van der Waals surface area contributed by atoms with Gasteiger partial charge in [0, 0.05) is 19.0 Å². The SMILES string of the molecule is CC(C)c1cc(F)cc(C(C)C)c1CC(=O)NSc1cc(C(C)(C)O)n(C)n1. The maximum absolute atomic E-state index is 14.0. The summed E-state index contributed by atoms with van der Waals surface area (Å²) in [6.45, 7) is 11.4. The fraction of sp³-hybridized carbons (Fsp3) is 0.524. The second kappa shape index (κ2) is 8.66. The number of halogens is 1. The van der Waals surface area contributed by atoms with Gasteiger partial charge in [0.1, 0.15) is 16.4 Å². The molecule has 0 bridgehead atoms. The van der Waals surface area contributed by atoms with Crippen LogP contribution in [-0.2, 0) is 23.9 Å². The van der Waals surface area contributed by atoms with Gasteiger partial charge in [-0.3, -0.25) is 14.2 Å². The first-order valence-corrected chi connectivity index (χ1v) is 10.3. The molecule has 0 radical (unpaired) electrons. The normalized spacial score (nSPS) is 12.1. The molecule has 0 aliphatic carbocycles. The van der Waals surface area contributed by atoms with Crippen molar-refractivity contribution >= 4 is 17.9 Å². The van der Waals surface area contributed by atoms with Gasteiger partial charge >= 0.3 is 0 Å². The quantitative estimate of drug-likeness (QED) is 0.668. The molecule has 0 aliphatic heterocycles. The average Bonchev–Trinajstić information content (AvgIpc) is 2.95. The standard InChI is InChI=1S/C21H30FN3O2S/c1-12(2)15-8-14(22)9-16(13(3)4)17(15)10-19(26)24-28-20-11-18(21(5,6)27)25(7)23-20/h8-9,11-13,27H,10H2,1-7H3,(H,24,26). The lowest BCUT2D eigenvalue weighted by atomic mass is 9.87. The zero-order chi connectivity index (χ0) is 21.2. The van der Waals surface area contributed by atoms with Gasteiger partial charge in [-0.2, -0.15) is 5.10 Å². The van der Waals surface area contributed by atoms with E-state index in [0.29, 0.717) is 10.7 Å². The molecule has 28 heavy (non-hydrogen) atoms. The van der Waals surface area contributed by atoms with Crippen LogP contribution in [0, 0.1) is 5.82 Å². The van der Waals surface area contributed by atoms with Crippen molar-refractivity contribution < 1.29 is 14.3 Å². The van der Waals surface area contributed by atoms with Gasteiger partial charge in [0.25, 0.3) is 0 Å². The van der Waals surface area contributed by atoms with Gasteiger partial charge in [-0.25, -0.2) is 4.39 Å². The van der Waals surface area contributed by atoms with Crippen LogP contribution in [0.3, 0.4) is 0 Å². The lowest BCUT2D eigenvalue weighted by Crippen LogP contribution is -2.20. The Morgan fingerprint density at radius 1 is 1.21 bits per heavy atom. The van der Waals surface area contributed by atoms with Crippen molar-refractivity contribution in [1.29, 1.82) is 0 Å². The Bertz CT molecular complexity index is 825. The zero-order valence-corrected chi connectivity index (χ0v) is 18.4. The van der Waals surface area contributed by atoms with E-state index in [-0.39, 0.29) is 30.0 Å². The third-order valence-electron chi connectivity index (χ3n) is 4.62. The Labute approximate surface area is 170 Å². The van der Waals surface area contributed by atoms with Gasteiger partial charge in [0.05, 0.1) is 12.1 Å². The molecule has 0 saturated carbocycles. The Morgan fingerprint density at radius 2 is 1.75 bits per heavy atom. The minimum atomic E-state index is -1.02. The first-order chi connectivity index (χ1) is 12.9. The second-order valence-corrected chi connectivity index (χ2v) is 9.05. The van der Waals surface area contributed by atoms with Gasteiger partial charge in [-0.15, -0.1) is 0 Å². The summed E-state index contributed by atoms with van der Waals surface area (Å²) in [4.78, 5) is 12.6. The lowest BCUT2D eigenvalue weighted by molar-refractivity contribution is -0.118. The highest BCUT2D eigenvalue weighted by molar-refractivity contribution is 7.97. The van der Waals surface area contributed by atoms with E-state index in [1.165, 1.54) is 12.1 Å². The number of hydrogen-bond acceptors (Lipinski definition) is 4. The third kappa shape index (κ3) is 5.35. The molecule has 2 aromatic rings. The summed E-state index contributed by atoms with van der Waals surface area (Å²) in [5, 5.41) is 15.1. The number of nitrogens with one attached hydrogen (secondary N) is 1. The molecule has 5 nitrogen and oxygen atoms in total. The molecule has 1 heterocycles. The number of benzene rings is 1. The van der Waals surface area contributed by atoms with Crippen molar-refractivity contribution in [1.82, 2.24) is 14.5 Å². The smallest absolute Gasteiger partial charge is 0.234 e. The van der Waals surface area contributed by atoms with E-state index in [4.69, 9.17) is 0 Å². The van der Waals surface area contributed by atoms with Crippen LogP contribution >= 0.6 is 11.9 Å². The molecule has 1 aromatic heterocycles. The molecule has 7 heteroatoms. The molecule has 0 spiro atoms. The maximum atomic E-state index is 14.0. The average molecular weight is 408 g/mol. The van der Waals surface area contributed by atoms with E-state index >= 15 is 0 Å². The fourth-order valence-corrected chi connectivity index (χ4v) is 3.91. The summed E-state index contributed by atoms with van der Waals surface area (Å²) in [7, 11) is 1.75. The van der Waals surface area contributed by atoms with E-state index in [9.17, 15) is 14.3 Å². The molecule has 0 aliphatic rings. The van der Waals surface area contributed by atoms with Crippen LogP contribution in [0.15, 0.2) is 23.2 Å². The lowest BCUT2D eigenvalue weighted by Gasteiger charge is -2.19. The van der Waals surface area contributed by atoms with Crippen molar-refractivity contribution in [2.75, 3.05) is 0 Å². The third-order valence-corrected chi connectivity index (χ3v) is 5.36. The van der Waals surface area contributed by atoms with Gasteiger partial charge in [0.15, 0.2) is 0 Å². The maximum Gasteiger partial charge on any atom is 0.234 e. The predicted octanol–water partition coefficient (Wildman–Crippen LogP) is 4.40. The van der Waals surface area contributed by atoms with E-state index in [1.807, 2.05) is 27.7 Å². The monoisotopic (exact) mass is 407 g/mol. The molecule has 2 N–H and O–H groups in total. The fourth-order valence-electron chi connectivity index (χ4n) is 3.28. The molecule has 2 rings (SSSR count). The van der Waals surface area contributed by atoms with Crippen LogP contribution in [0.2, 0.25) is 0 Å². The predicted molar refractivity (Wildman–Crippen MR) is 111 cm³/mol. The molecule has 0 fully saturated rings. The second-order valence-electron chi connectivity index (χ2n) is 8.23. The first-order valence-electron chi connectivity index (χ1n) is 9.45.